The largest absolute Gasteiger partial charge is 0.320 e. The molecule has 0 aromatic rings. The molecule has 13 heavy (non-hydrogen) atoms. The number of aliphatic imine (C=N–C) groups is 1. The molecule has 70 valence electrons. The smallest absolute Gasteiger partial charge is 0.271 e. The van der Waals surface area contributed by atoms with Crippen LogP contribution in [0, 0.1) is 5.92 Å². The van der Waals surface area contributed by atoms with Gasteiger partial charge in [0.15, 0.2) is 0 Å². The van der Waals surface area contributed by atoms with Crippen LogP contribution < -0.4 is 17.5 Å². The van der Waals surface area contributed by atoms with Crippen molar-refractivity contribution >= 4 is 12.2 Å². The first-order valence-electron chi connectivity index (χ1n) is 3.70. The Kier molecular flexibility index (Phi) is 3.18. The third-order valence-corrected chi connectivity index (χ3v) is 1.49. The Labute approximate surface area is 76.0 Å². The zero-order valence-corrected chi connectivity index (χ0v) is 7.04. The van der Waals surface area contributed by atoms with Gasteiger partial charge in [-0.1, -0.05) is 24.3 Å². The molecule has 6 N–H and O–H groups in total. The molecule has 0 aromatic carbocycles. The van der Waals surface area contributed by atoms with Crippen molar-refractivity contribution in [2.45, 2.75) is 0 Å². The van der Waals surface area contributed by atoms with Crippen molar-refractivity contribution in [1.82, 2.24) is 5.12 Å². The zero-order chi connectivity index (χ0) is 9.68. The fraction of sp³-hybridized carbons (Fsp3) is 0.143. The summed E-state index contributed by atoms with van der Waals surface area (Å²) in [5.41, 5.74) is 0. The predicted octanol–water partition coefficient (Wildman–Crippen LogP) is -0.921. The van der Waals surface area contributed by atoms with Gasteiger partial charge in [0.05, 0.1) is 0 Å². The zero-order valence-electron chi connectivity index (χ0n) is 7.04. The maximum Gasteiger partial charge on any atom is 0.271 e. The van der Waals surface area contributed by atoms with Crippen LogP contribution in [0.25, 0.3) is 0 Å². The van der Waals surface area contributed by atoms with Gasteiger partial charge in [0, 0.05) is 12.1 Å². The first kappa shape index (κ1) is 9.43. The van der Waals surface area contributed by atoms with Crippen LogP contribution in [0.1, 0.15) is 0 Å². The first-order valence-corrected chi connectivity index (χ1v) is 3.70. The maximum absolute atomic E-state index is 5.18. The Morgan fingerprint density at radius 1 is 1.31 bits per heavy atom. The molecule has 0 bridgehead atoms. The van der Waals surface area contributed by atoms with Crippen molar-refractivity contribution in [1.29, 1.82) is 0 Å². The molecule has 1 aliphatic rings. The molecular weight excluding hydrogens is 168 g/mol. The quantitative estimate of drug-likeness (QED) is 0.210. The number of guanidine groups is 1. The summed E-state index contributed by atoms with van der Waals surface area (Å²) in [6.45, 7) is 0. The van der Waals surface area contributed by atoms with Crippen LogP contribution in [0.3, 0.4) is 0 Å². The standard InChI is InChI=1S/C7H12N6/c8-12-7(13(9)10)11-5-6-3-1-2-4-6/h1-6H,8-10H2. The number of rotatable bonds is 1. The molecule has 6 heteroatoms. The Morgan fingerprint density at radius 3 is 2.38 bits per heavy atom. The number of hydrogen-bond donors (Lipinski definition) is 3. The highest BCUT2D eigenvalue weighted by molar-refractivity contribution is 5.88. The van der Waals surface area contributed by atoms with Gasteiger partial charge in [0.2, 0.25) is 0 Å². The molecule has 0 saturated heterocycles. The Balaban J connectivity index is 2.55. The summed E-state index contributed by atoms with van der Waals surface area (Å²) < 4.78 is 0. The van der Waals surface area contributed by atoms with E-state index in [9.17, 15) is 0 Å². The third-order valence-electron chi connectivity index (χ3n) is 1.49. The van der Waals surface area contributed by atoms with Crippen LogP contribution in [0.2, 0.25) is 0 Å². The minimum absolute atomic E-state index is 0.0775. The van der Waals surface area contributed by atoms with E-state index < -0.39 is 0 Å². The second kappa shape index (κ2) is 4.39. The molecule has 0 heterocycles. The summed E-state index contributed by atoms with van der Waals surface area (Å²) in [6, 6.07) is 0. The van der Waals surface area contributed by atoms with Crippen LogP contribution in [-0.4, -0.2) is 17.3 Å². The fourth-order valence-corrected chi connectivity index (χ4v) is 0.868. The lowest BCUT2D eigenvalue weighted by molar-refractivity contribution is 0.458. The van der Waals surface area contributed by atoms with Crippen molar-refractivity contribution in [2.75, 3.05) is 0 Å². The van der Waals surface area contributed by atoms with E-state index in [0.717, 1.165) is 5.12 Å². The van der Waals surface area contributed by atoms with Gasteiger partial charge in [-0.2, -0.15) is 0 Å². The van der Waals surface area contributed by atoms with Crippen LogP contribution in [0.4, 0.5) is 0 Å². The van der Waals surface area contributed by atoms with Crippen LogP contribution >= 0.6 is 0 Å². The molecule has 1 rings (SSSR count). The number of hydrogen-bond acceptors (Lipinski definition) is 4. The number of nitrogens with two attached hydrogens (primary N) is 3. The van der Waals surface area contributed by atoms with Crippen LogP contribution in [0.5, 0.6) is 0 Å². The summed E-state index contributed by atoms with van der Waals surface area (Å²) in [7, 11) is 0. The number of hydrazine groups is 2. The Bertz CT molecular complexity index is 263. The van der Waals surface area contributed by atoms with Crippen LogP contribution in [-0.2, 0) is 0 Å². The molecule has 6 nitrogen and oxygen atoms in total. The SMILES string of the molecule is NN=C(N=CC1C=CC=C1)N(N)N. The molecule has 1 aliphatic carbocycles. The average molecular weight is 180 g/mol. The highest BCUT2D eigenvalue weighted by atomic mass is 15.6. The minimum atomic E-state index is 0.0775. The molecule has 0 aromatic heterocycles. The van der Waals surface area contributed by atoms with E-state index in [1.54, 1.807) is 6.21 Å². The molecule has 0 atom stereocenters. The van der Waals surface area contributed by atoms with Gasteiger partial charge in [0.25, 0.3) is 5.96 Å². The van der Waals surface area contributed by atoms with Crippen molar-refractivity contribution in [3.63, 3.8) is 0 Å². The molecule has 0 radical (unpaired) electrons. The van der Waals surface area contributed by atoms with E-state index in [4.69, 9.17) is 17.5 Å². The van der Waals surface area contributed by atoms with E-state index in [2.05, 4.69) is 10.1 Å². The lowest BCUT2D eigenvalue weighted by Gasteiger charge is -2.08. The van der Waals surface area contributed by atoms with Crippen molar-refractivity contribution in [3.05, 3.63) is 24.3 Å². The monoisotopic (exact) mass is 180 g/mol. The number of hydrazone groups is 1. The van der Waals surface area contributed by atoms with Gasteiger partial charge in [-0.25, -0.2) is 21.8 Å². The lowest BCUT2D eigenvalue weighted by atomic mass is 10.2. The molecular formula is C7H12N6. The summed E-state index contributed by atoms with van der Waals surface area (Å²) in [6.07, 6.45) is 9.44. The molecule has 0 amide bonds. The van der Waals surface area contributed by atoms with Gasteiger partial charge in [0.1, 0.15) is 0 Å². The Hall–Kier alpha value is -1.66. The van der Waals surface area contributed by atoms with Gasteiger partial charge < -0.3 is 5.84 Å². The topological polar surface area (TPSA) is 106 Å². The van der Waals surface area contributed by atoms with Gasteiger partial charge >= 0.3 is 0 Å². The highest BCUT2D eigenvalue weighted by Crippen LogP contribution is 2.05. The van der Waals surface area contributed by atoms with E-state index in [1.165, 1.54) is 0 Å². The number of allylic oxidation sites excluding steroid dienone is 4. The van der Waals surface area contributed by atoms with Gasteiger partial charge in [-0.3, -0.25) is 0 Å². The van der Waals surface area contributed by atoms with E-state index in [0.29, 0.717) is 0 Å². The summed E-state index contributed by atoms with van der Waals surface area (Å²) in [5, 5.41) is 4.06. The predicted molar refractivity (Wildman–Crippen MR) is 52.1 cm³/mol. The van der Waals surface area contributed by atoms with E-state index in [-0.39, 0.29) is 11.9 Å². The van der Waals surface area contributed by atoms with Gasteiger partial charge in [-0.05, 0) is 0 Å². The van der Waals surface area contributed by atoms with Crippen molar-refractivity contribution < 1.29 is 0 Å². The van der Waals surface area contributed by atoms with Crippen molar-refractivity contribution in [3.8, 4) is 0 Å². The number of nitrogens with zero attached hydrogens (tertiary/aromatic N) is 3. The lowest BCUT2D eigenvalue weighted by Crippen LogP contribution is -2.43. The normalized spacial score (nSPS) is 17.5. The van der Waals surface area contributed by atoms with Crippen LogP contribution in [0.15, 0.2) is 34.4 Å². The summed E-state index contributed by atoms with van der Waals surface area (Å²) >= 11 is 0. The van der Waals surface area contributed by atoms with E-state index in [1.807, 2.05) is 24.3 Å². The fourth-order valence-electron chi connectivity index (χ4n) is 0.868. The second-order valence-electron chi connectivity index (χ2n) is 2.46. The first-order chi connectivity index (χ1) is 6.24. The van der Waals surface area contributed by atoms with Gasteiger partial charge in [-0.15, -0.1) is 5.10 Å². The summed E-state index contributed by atoms with van der Waals surface area (Å²) in [4.78, 5) is 3.90. The Morgan fingerprint density at radius 2 is 1.92 bits per heavy atom. The summed E-state index contributed by atoms with van der Waals surface area (Å²) in [5.74, 6) is 15.6. The molecule has 0 fully saturated rings. The second-order valence-corrected chi connectivity index (χ2v) is 2.46. The molecule has 0 spiro atoms. The minimum Gasteiger partial charge on any atom is -0.320 e. The highest BCUT2D eigenvalue weighted by Gasteiger charge is 2.02. The third kappa shape index (κ3) is 2.69. The molecule has 0 saturated carbocycles. The molecule has 0 unspecified atom stereocenters. The van der Waals surface area contributed by atoms with E-state index >= 15 is 0 Å². The molecule has 0 aliphatic heterocycles. The average Bonchev–Trinajstić information content (AvgIpc) is 2.57. The van der Waals surface area contributed by atoms with Crippen molar-refractivity contribution in [2.24, 2.45) is 33.5 Å². The maximum atomic E-state index is 5.18.